The third-order valence-corrected chi connectivity index (χ3v) is 3.14. The summed E-state index contributed by atoms with van der Waals surface area (Å²) >= 11 is 0. The number of aliphatic imine (C=N–C) groups is 1. The Hall–Kier alpha value is -0.930. The monoisotopic (exact) mass is 435 g/mol. The fraction of sp³-hybridized carbons (Fsp3) is 0.625. The van der Waals surface area contributed by atoms with Gasteiger partial charge < -0.3 is 20.3 Å². The number of nitrogens with zero attached hydrogens (tertiary/aromatic N) is 3. The van der Waals surface area contributed by atoms with Gasteiger partial charge in [-0.2, -0.15) is 0 Å². The van der Waals surface area contributed by atoms with E-state index < -0.39 is 0 Å². The van der Waals surface area contributed by atoms with E-state index in [1.165, 1.54) is 0 Å². The lowest BCUT2D eigenvalue weighted by Crippen LogP contribution is -2.41. The van der Waals surface area contributed by atoms with E-state index in [0.29, 0.717) is 6.54 Å². The van der Waals surface area contributed by atoms with E-state index >= 15 is 0 Å². The number of ether oxygens (including phenoxy) is 1. The van der Waals surface area contributed by atoms with E-state index in [1.54, 1.807) is 13.3 Å². The standard InChI is InChI=1S/C16H29N5O.HI/c1-4-17-16(20-14-15-8-5-6-9-18-15)19-10-12-21(2)11-7-13-22-3;/h5-6,8-9H,4,7,10-14H2,1-3H3,(H2,17,19,20);1H. The van der Waals surface area contributed by atoms with Crippen LogP contribution in [0.15, 0.2) is 29.4 Å². The summed E-state index contributed by atoms with van der Waals surface area (Å²) < 4.78 is 5.06. The van der Waals surface area contributed by atoms with Gasteiger partial charge in [0.25, 0.3) is 0 Å². The van der Waals surface area contributed by atoms with Crippen molar-refractivity contribution in [3.05, 3.63) is 30.1 Å². The van der Waals surface area contributed by atoms with Crippen LogP contribution in [0.3, 0.4) is 0 Å². The zero-order valence-corrected chi connectivity index (χ0v) is 16.7. The minimum absolute atomic E-state index is 0. The Bertz CT molecular complexity index is 416. The summed E-state index contributed by atoms with van der Waals surface area (Å²) in [6.07, 6.45) is 2.85. The van der Waals surface area contributed by atoms with Crippen molar-refractivity contribution in [2.45, 2.75) is 19.9 Å². The molecule has 0 aliphatic rings. The molecule has 7 heteroatoms. The molecule has 0 aliphatic carbocycles. The predicted octanol–water partition coefficient (Wildman–Crippen LogP) is 1.72. The molecule has 0 fully saturated rings. The van der Waals surface area contributed by atoms with Crippen LogP contribution in [0.1, 0.15) is 19.0 Å². The quantitative estimate of drug-likeness (QED) is 0.254. The van der Waals surface area contributed by atoms with Gasteiger partial charge in [-0.3, -0.25) is 4.98 Å². The summed E-state index contributed by atoms with van der Waals surface area (Å²) in [7, 11) is 3.86. The molecular weight excluding hydrogens is 405 g/mol. The lowest BCUT2D eigenvalue weighted by Gasteiger charge is -2.18. The van der Waals surface area contributed by atoms with Crippen molar-refractivity contribution in [2.75, 3.05) is 46.9 Å². The first-order valence-electron chi connectivity index (χ1n) is 7.85. The highest BCUT2D eigenvalue weighted by molar-refractivity contribution is 14.0. The highest BCUT2D eigenvalue weighted by Gasteiger charge is 2.00. The second-order valence-electron chi connectivity index (χ2n) is 5.09. The number of hydrogen-bond acceptors (Lipinski definition) is 4. The minimum atomic E-state index is 0. The Morgan fingerprint density at radius 3 is 2.78 bits per heavy atom. The zero-order chi connectivity index (χ0) is 16.0. The Morgan fingerprint density at radius 1 is 1.30 bits per heavy atom. The maximum Gasteiger partial charge on any atom is 0.191 e. The Balaban J connectivity index is 0.00000484. The van der Waals surface area contributed by atoms with Crippen LogP contribution in [0.5, 0.6) is 0 Å². The number of aromatic nitrogens is 1. The van der Waals surface area contributed by atoms with E-state index in [1.807, 2.05) is 18.2 Å². The molecule has 0 aliphatic heterocycles. The summed E-state index contributed by atoms with van der Waals surface area (Å²) in [5, 5.41) is 6.60. The van der Waals surface area contributed by atoms with Crippen molar-refractivity contribution in [1.29, 1.82) is 0 Å². The minimum Gasteiger partial charge on any atom is -0.385 e. The Morgan fingerprint density at radius 2 is 2.13 bits per heavy atom. The zero-order valence-electron chi connectivity index (χ0n) is 14.4. The summed E-state index contributed by atoms with van der Waals surface area (Å²) in [6.45, 7) is 7.17. The van der Waals surface area contributed by atoms with Gasteiger partial charge in [-0.15, -0.1) is 24.0 Å². The van der Waals surface area contributed by atoms with E-state index in [-0.39, 0.29) is 24.0 Å². The van der Waals surface area contributed by atoms with Gasteiger partial charge in [0.05, 0.1) is 12.2 Å². The molecule has 1 aromatic heterocycles. The van der Waals surface area contributed by atoms with Crippen LogP contribution in [-0.2, 0) is 11.3 Å². The molecule has 1 aromatic rings. The Labute approximate surface area is 157 Å². The number of hydrogen-bond donors (Lipinski definition) is 2. The Kier molecular flexibility index (Phi) is 14.1. The number of rotatable bonds is 10. The van der Waals surface area contributed by atoms with E-state index in [2.05, 4.69) is 39.5 Å². The molecule has 0 atom stereocenters. The maximum atomic E-state index is 5.06. The second-order valence-corrected chi connectivity index (χ2v) is 5.09. The molecule has 0 saturated heterocycles. The third kappa shape index (κ3) is 11.3. The van der Waals surface area contributed by atoms with Crippen molar-refractivity contribution in [1.82, 2.24) is 20.5 Å². The van der Waals surface area contributed by atoms with Gasteiger partial charge in [-0.05, 0) is 32.5 Å². The normalized spacial score (nSPS) is 11.2. The van der Waals surface area contributed by atoms with Gasteiger partial charge >= 0.3 is 0 Å². The average Bonchev–Trinajstić information content (AvgIpc) is 2.54. The first-order chi connectivity index (χ1) is 10.8. The van der Waals surface area contributed by atoms with Crippen LogP contribution in [0.2, 0.25) is 0 Å². The second kappa shape index (κ2) is 14.6. The number of halogens is 1. The van der Waals surface area contributed by atoms with E-state index in [0.717, 1.165) is 50.9 Å². The largest absolute Gasteiger partial charge is 0.385 e. The van der Waals surface area contributed by atoms with Crippen LogP contribution in [0.4, 0.5) is 0 Å². The van der Waals surface area contributed by atoms with Crippen LogP contribution < -0.4 is 10.6 Å². The molecular formula is C16H30IN5O. The van der Waals surface area contributed by atoms with Crippen LogP contribution in [-0.4, -0.2) is 62.8 Å². The molecule has 2 N–H and O–H groups in total. The molecule has 23 heavy (non-hydrogen) atoms. The van der Waals surface area contributed by atoms with Gasteiger partial charge in [-0.25, -0.2) is 4.99 Å². The molecule has 1 rings (SSSR count). The van der Waals surface area contributed by atoms with Crippen molar-refractivity contribution < 1.29 is 4.74 Å². The van der Waals surface area contributed by atoms with E-state index in [9.17, 15) is 0 Å². The number of likely N-dealkylation sites (N-methyl/N-ethyl adjacent to an activating group) is 1. The molecule has 1 heterocycles. The molecule has 0 saturated carbocycles. The molecule has 6 nitrogen and oxygen atoms in total. The smallest absolute Gasteiger partial charge is 0.191 e. The first-order valence-corrected chi connectivity index (χ1v) is 7.85. The molecule has 0 unspecified atom stereocenters. The van der Waals surface area contributed by atoms with Gasteiger partial charge in [0.15, 0.2) is 5.96 Å². The highest BCUT2D eigenvalue weighted by atomic mass is 127. The summed E-state index contributed by atoms with van der Waals surface area (Å²) in [6, 6.07) is 5.87. The average molecular weight is 435 g/mol. The van der Waals surface area contributed by atoms with Gasteiger partial charge in [0.1, 0.15) is 0 Å². The first kappa shape index (κ1) is 22.1. The molecule has 0 bridgehead atoms. The number of methoxy groups -OCH3 is 1. The van der Waals surface area contributed by atoms with Crippen molar-refractivity contribution in [3.63, 3.8) is 0 Å². The highest BCUT2D eigenvalue weighted by Crippen LogP contribution is 1.95. The SMILES string of the molecule is CCNC(=NCc1ccccn1)NCCN(C)CCCOC.I. The van der Waals surface area contributed by atoms with Gasteiger partial charge in [0, 0.05) is 46.1 Å². The van der Waals surface area contributed by atoms with Crippen molar-refractivity contribution in [3.8, 4) is 0 Å². The molecule has 0 radical (unpaired) electrons. The number of pyridine rings is 1. The van der Waals surface area contributed by atoms with Gasteiger partial charge in [0.2, 0.25) is 0 Å². The van der Waals surface area contributed by atoms with Crippen LogP contribution in [0, 0.1) is 0 Å². The number of guanidine groups is 1. The van der Waals surface area contributed by atoms with E-state index in [4.69, 9.17) is 4.74 Å². The van der Waals surface area contributed by atoms with Crippen molar-refractivity contribution >= 4 is 29.9 Å². The van der Waals surface area contributed by atoms with Crippen LogP contribution in [0.25, 0.3) is 0 Å². The maximum absolute atomic E-state index is 5.06. The van der Waals surface area contributed by atoms with Gasteiger partial charge in [-0.1, -0.05) is 6.07 Å². The summed E-state index contributed by atoms with van der Waals surface area (Å²) in [5.41, 5.74) is 0.969. The van der Waals surface area contributed by atoms with Crippen LogP contribution >= 0.6 is 24.0 Å². The molecule has 0 amide bonds. The molecule has 0 aromatic carbocycles. The summed E-state index contributed by atoms with van der Waals surface area (Å²) in [4.78, 5) is 11.1. The third-order valence-electron chi connectivity index (χ3n) is 3.14. The fourth-order valence-electron chi connectivity index (χ4n) is 1.95. The van der Waals surface area contributed by atoms with Crippen molar-refractivity contribution in [2.24, 2.45) is 4.99 Å². The molecule has 0 spiro atoms. The predicted molar refractivity (Wildman–Crippen MR) is 106 cm³/mol. The lowest BCUT2D eigenvalue weighted by molar-refractivity contribution is 0.180. The lowest BCUT2D eigenvalue weighted by atomic mass is 10.3. The number of nitrogens with one attached hydrogen (secondary N) is 2. The molecule has 132 valence electrons. The summed E-state index contributed by atoms with van der Waals surface area (Å²) in [5.74, 6) is 0.832. The fourth-order valence-corrected chi connectivity index (χ4v) is 1.95. The topological polar surface area (TPSA) is 61.8 Å².